The molecule has 9 heteroatoms. The number of halogens is 1. The SMILES string of the molecule is O=[N+]([O-])c1cc(S(=O)(=O)NCCSCc2ccccc2)ccc1Cl. The van der Waals surface area contributed by atoms with Gasteiger partial charge in [-0.25, -0.2) is 13.1 Å². The highest BCUT2D eigenvalue weighted by molar-refractivity contribution is 7.98. The fourth-order valence-corrected chi connectivity index (χ4v) is 4.08. The van der Waals surface area contributed by atoms with Gasteiger partial charge in [-0.2, -0.15) is 11.8 Å². The molecule has 2 aromatic carbocycles. The van der Waals surface area contributed by atoms with Crippen molar-refractivity contribution < 1.29 is 13.3 Å². The average molecular weight is 387 g/mol. The van der Waals surface area contributed by atoms with Gasteiger partial charge in [0, 0.05) is 24.1 Å². The Balaban J connectivity index is 1.89. The molecule has 0 fully saturated rings. The molecular weight excluding hydrogens is 372 g/mol. The van der Waals surface area contributed by atoms with E-state index in [1.165, 1.54) is 17.7 Å². The molecule has 24 heavy (non-hydrogen) atoms. The van der Waals surface area contributed by atoms with Gasteiger partial charge in [0.25, 0.3) is 5.69 Å². The Hall–Kier alpha value is -1.61. The second-order valence-electron chi connectivity index (χ2n) is 4.81. The van der Waals surface area contributed by atoms with Crippen molar-refractivity contribution in [2.75, 3.05) is 12.3 Å². The highest BCUT2D eigenvalue weighted by Gasteiger charge is 2.20. The van der Waals surface area contributed by atoms with Crippen molar-refractivity contribution in [2.24, 2.45) is 0 Å². The molecule has 0 unspecified atom stereocenters. The molecule has 0 radical (unpaired) electrons. The third-order valence-electron chi connectivity index (χ3n) is 3.07. The Labute approximate surface area is 149 Å². The Morgan fingerprint density at radius 1 is 1.17 bits per heavy atom. The zero-order valence-electron chi connectivity index (χ0n) is 12.5. The van der Waals surface area contributed by atoms with E-state index in [1.807, 2.05) is 30.3 Å². The van der Waals surface area contributed by atoms with Crippen LogP contribution in [0.2, 0.25) is 5.02 Å². The van der Waals surface area contributed by atoms with Gasteiger partial charge >= 0.3 is 0 Å². The van der Waals surface area contributed by atoms with E-state index in [9.17, 15) is 18.5 Å². The van der Waals surface area contributed by atoms with Crippen molar-refractivity contribution >= 4 is 39.1 Å². The number of hydrogen-bond donors (Lipinski definition) is 1. The predicted octanol–water partition coefficient (Wildman–Crippen LogP) is 3.46. The number of nitrogens with one attached hydrogen (secondary N) is 1. The van der Waals surface area contributed by atoms with E-state index in [1.54, 1.807) is 11.8 Å². The topological polar surface area (TPSA) is 89.3 Å². The number of sulfonamides is 1. The number of rotatable bonds is 8. The maximum Gasteiger partial charge on any atom is 0.289 e. The lowest BCUT2D eigenvalue weighted by molar-refractivity contribution is -0.384. The molecule has 0 saturated heterocycles. The van der Waals surface area contributed by atoms with Crippen LogP contribution in [0.1, 0.15) is 5.56 Å². The van der Waals surface area contributed by atoms with Gasteiger partial charge in [0.05, 0.1) is 9.82 Å². The van der Waals surface area contributed by atoms with Gasteiger partial charge in [-0.3, -0.25) is 10.1 Å². The molecule has 0 saturated carbocycles. The van der Waals surface area contributed by atoms with E-state index in [4.69, 9.17) is 11.6 Å². The van der Waals surface area contributed by atoms with Gasteiger partial charge in [0.15, 0.2) is 0 Å². The fraction of sp³-hybridized carbons (Fsp3) is 0.200. The first-order chi connectivity index (χ1) is 11.4. The van der Waals surface area contributed by atoms with Gasteiger partial charge < -0.3 is 0 Å². The standard InChI is InChI=1S/C15H15ClN2O4S2/c16-14-7-6-13(10-15(14)18(19)20)24(21,22)17-8-9-23-11-12-4-2-1-3-5-12/h1-7,10,17H,8-9,11H2. The van der Waals surface area contributed by atoms with Crippen molar-refractivity contribution in [3.63, 3.8) is 0 Å². The molecule has 2 rings (SSSR count). The molecule has 0 aliphatic rings. The van der Waals surface area contributed by atoms with Crippen LogP contribution in [0.4, 0.5) is 5.69 Å². The minimum absolute atomic E-state index is 0.0997. The summed E-state index contributed by atoms with van der Waals surface area (Å²) in [4.78, 5) is 9.95. The van der Waals surface area contributed by atoms with Gasteiger partial charge in [-0.1, -0.05) is 41.9 Å². The summed E-state index contributed by atoms with van der Waals surface area (Å²) in [6, 6.07) is 13.3. The molecule has 0 heterocycles. The first kappa shape index (κ1) is 18.7. The third kappa shape index (κ3) is 5.20. The third-order valence-corrected chi connectivity index (χ3v) is 5.88. The van der Waals surface area contributed by atoms with Crippen LogP contribution < -0.4 is 4.72 Å². The number of nitro groups is 1. The van der Waals surface area contributed by atoms with Gasteiger partial charge in [0.2, 0.25) is 10.0 Å². The summed E-state index contributed by atoms with van der Waals surface area (Å²) < 4.78 is 26.8. The van der Waals surface area contributed by atoms with E-state index in [-0.39, 0.29) is 16.5 Å². The lowest BCUT2D eigenvalue weighted by Gasteiger charge is -2.07. The van der Waals surface area contributed by atoms with Gasteiger partial charge in [0.1, 0.15) is 5.02 Å². The van der Waals surface area contributed by atoms with Crippen LogP contribution in [0.15, 0.2) is 53.4 Å². The maximum atomic E-state index is 12.2. The number of nitrogens with zero attached hydrogens (tertiary/aromatic N) is 1. The summed E-state index contributed by atoms with van der Waals surface area (Å²) in [6.45, 7) is 0.232. The average Bonchev–Trinajstić information content (AvgIpc) is 2.55. The molecule has 0 bridgehead atoms. The van der Waals surface area contributed by atoms with E-state index in [2.05, 4.69) is 4.72 Å². The molecule has 2 aromatic rings. The van der Waals surface area contributed by atoms with E-state index in [0.717, 1.165) is 11.8 Å². The Morgan fingerprint density at radius 3 is 2.54 bits per heavy atom. The molecule has 0 atom stereocenters. The fourth-order valence-electron chi connectivity index (χ4n) is 1.90. The summed E-state index contributed by atoms with van der Waals surface area (Å²) in [5, 5.41) is 10.7. The van der Waals surface area contributed by atoms with Crippen LogP contribution in [-0.4, -0.2) is 25.6 Å². The largest absolute Gasteiger partial charge is 0.289 e. The van der Waals surface area contributed by atoms with Crippen molar-refractivity contribution in [3.05, 3.63) is 69.2 Å². The van der Waals surface area contributed by atoms with Crippen LogP contribution in [-0.2, 0) is 15.8 Å². The second kappa shape index (κ2) is 8.48. The first-order valence-corrected chi connectivity index (χ1v) is 9.97. The predicted molar refractivity (Wildman–Crippen MR) is 95.9 cm³/mol. The first-order valence-electron chi connectivity index (χ1n) is 6.95. The summed E-state index contributed by atoms with van der Waals surface area (Å²) in [5.41, 5.74) is 0.733. The van der Waals surface area contributed by atoms with Crippen LogP contribution in [0.25, 0.3) is 0 Å². The zero-order valence-corrected chi connectivity index (χ0v) is 14.9. The molecular formula is C15H15ClN2O4S2. The number of thioether (sulfide) groups is 1. The van der Waals surface area contributed by atoms with Crippen molar-refractivity contribution in [1.82, 2.24) is 4.72 Å². The van der Waals surface area contributed by atoms with Crippen LogP contribution in [0.3, 0.4) is 0 Å². The van der Waals surface area contributed by atoms with Crippen molar-refractivity contribution in [2.45, 2.75) is 10.6 Å². The van der Waals surface area contributed by atoms with E-state index in [0.29, 0.717) is 5.75 Å². The summed E-state index contributed by atoms with van der Waals surface area (Å²) in [7, 11) is -3.80. The zero-order chi connectivity index (χ0) is 17.6. The van der Waals surface area contributed by atoms with E-state index >= 15 is 0 Å². The smallest absolute Gasteiger partial charge is 0.258 e. The monoisotopic (exact) mass is 386 g/mol. The molecule has 6 nitrogen and oxygen atoms in total. The van der Waals surface area contributed by atoms with Crippen molar-refractivity contribution in [1.29, 1.82) is 0 Å². The molecule has 0 aliphatic carbocycles. The summed E-state index contributed by atoms with van der Waals surface area (Å²) >= 11 is 7.28. The lowest BCUT2D eigenvalue weighted by atomic mass is 10.2. The normalized spacial score (nSPS) is 11.4. The minimum atomic E-state index is -3.80. The second-order valence-corrected chi connectivity index (χ2v) is 8.09. The van der Waals surface area contributed by atoms with E-state index < -0.39 is 20.6 Å². The Bertz CT molecular complexity index is 813. The number of hydrogen-bond acceptors (Lipinski definition) is 5. The van der Waals surface area contributed by atoms with Gasteiger partial charge in [-0.15, -0.1) is 0 Å². The molecule has 0 spiro atoms. The molecule has 1 N–H and O–H groups in total. The highest BCUT2D eigenvalue weighted by atomic mass is 35.5. The minimum Gasteiger partial charge on any atom is -0.258 e. The summed E-state index contributed by atoms with van der Waals surface area (Å²) in [5.74, 6) is 1.37. The maximum absolute atomic E-state index is 12.2. The van der Waals surface area contributed by atoms with Crippen molar-refractivity contribution in [3.8, 4) is 0 Å². The molecule has 0 aliphatic heterocycles. The molecule has 128 valence electrons. The molecule has 0 aromatic heterocycles. The Morgan fingerprint density at radius 2 is 1.88 bits per heavy atom. The van der Waals surface area contributed by atoms with Crippen LogP contribution >= 0.6 is 23.4 Å². The highest BCUT2D eigenvalue weighted by Crippen LogP contribution is 2.26. The molecule has 0 amide bonds. The lowest BCUT2D eigenvalue weighted by Crippen LogP contribution is -2.26. The van der Waals surface area contributed by atoms with Gasteiger partial charge in [-0.05, 0) is 17.7 Å². The quantitative estimate of drug-likeness (QED) is 0.426. The Kier molecular flexibility index (Phi) is 6.61. The van der Waals surface area contributed by atoms with Crippen LogP contribution in [0.5, 0.6) is 0 Å². The number of nitro benzene ring substituents is 1. The number of benzene rings is 2. The summed E-state index contributed by atoms with van der Waals surface area (Å²) in [6.07, 6.45) is 0. The van der Waals surface area contributed by atoms with Crippen LogP contribution in [0, 0.1) is 10.1 Å².